The maximum atomic E-state index is 14.2. The van der Waals surface area contributed by atoms with Gasteiger partial charge in [-0.25, -0.2) is 4.39 Å². The molecule has 1 aliphatic heterocycles. The van der Waals surface area contributed by atoms with Crippen LogP contribution in [-0.2, 0) is 4.74 Å². The van der Waals surface area contributed by atoms with Crippen molar-refractivity contribution in [2.24, 2.45) is 0 Å². The van der Waals surface area contributed by atoms with Crippen LogP contribution in [0.1, 0.15) is 24.4 Å². The van der Waals surface area contributed by atoms with Gasteiger partial charge in [0.2, 0.25) is 5.82 Å². The van der Waals surface area contributed by atoms with E-state index in [9.17, 15) is 4.39 Å². The number of methoxy groups -OCH3 is 2. The van der Waals surface area contributed by atoms with Crippen molar-refractivity contribution >= 4 is 34.5 Å². The summed E-state index contributed by atoms with van der Waals surface area (Å²) >= 11 is 11.7. The van der Waals surface area contributed by atoms with Crippen molar-refractivity contribution in [3.63, 3.8) is 0 Å². The van der Waals surface area contributed by atoms with Gasteiger partial charge in [-0.3, -0.25) is 0 Å². The predicted octanol–water partition coefficient (Wildman–Crippen LogP) is 4.85. The lowest BCUT2D eigenvalue weighted by molar-refractivity contribution is 0.183. The molecule has 172 valence electrons. The number of hydrogen-bond acceptors (Lipinski definition) is 6. The SMILES string of the molecule is COCCN1C(=S)NC(c2ccc(Cl)cc2)C(c2nc(-c3ccc(OC)c(F)c3)no2)=C1C. The van der Waals surface area contributed by atoms with Crippen molar-refractivity contribution in [2.75, 3.05) is 27.4 Å². The van der Waals surface area contributed by atoms with Crippen LogP contribution in [0.25, 0.3) is 17.0 Å². The molecule has 0 spiro atoms. The Hall–Kier alpha value is -3.01. The zero-order valence-electron chi connectivity index (χ0n) is 18.3. The van der Waals surface area contributed by atoms with Gasteiger partial charge in [0, 0.05) is 29.9 Å². The molecule has 4 rings (SSSR count). The van der Waals surface area contributed by atoms with Crippen molar-refractivity contribution in [3.05, 3.63) is 70.5 Å². The quantitative estimate of drug-likeness (QED) is 0.473. The summed E-state index contributed by atoms with van der Waals surface area (Å²) in [6.07, 6.45) is 0. The van der Waals surface area contributed by atoms with Gasteiger partial charge in [0.25, 0.3) is 5.89 Å². The molecule has 33 heavy (non-hydrogen) atoms. The van der Waals surface area contributed by atoms with Crippen molar-refractivity contribution < 1.29 is 18.4 Å². The van der Waals surface area contributed by atoms with Gasteiger partial charge in [-0.05, 0) is 55.0 Å². The first-order valence-corrected chi connectivity index (χ1v) is 10.9. The molecule has 1 atom stereocenters. The minimum atomic E-state index is -0.508. The van der Waals surface area contributed by atoms with Gasteiger partial charge in [-0.1, -0.05) is 28.9 Å². The molecule has 10 heteroatoms. The van der Waals surface area contributed by atoms with E-state index in [-0.39, 0.29) is 17.6 Å². The number of nitrogens with zero attached hydrogens (tertiary/aromatic N) is 3. The first-order valence-electron chi connectivity index (χ1n) is 10.1. The number of hydrogen-bond donors (Lipinski definition) is 1. The van der Waals surface area contributed by atoms with Gasteiger partial charge in [-0.2, -0.15) is 4.98 Å². The van der Waals surface area contributed by atoms with Crippen LogP contribution in [0.5, 0.6) is 5.75 Å². The summed E-state index contributed by atoms with van der Waals surface area (Å²) in [6, 6.07) is 11.6. The van der Waals surface area contributed by atoms with Crippen LogP contribution in [0.15, 0.2) is 52.7 Å². The third-order valence-electron chi connectivity index (χ3n) is 5.39. The number of thiocarbonyl (C=S) groups is 1. The Morgan fingerprint density at radius 1 is 1.21 bits per heavy atom. The Bertz CT molecular complexity index is 1200. The predicted molar refractivity (Wildman–Crippen MR) is 127 cm³/mol. The lowest BCUT2D eigenvalue weighted by Crippen LogP contribution is -2.47. The smallest absolute Gasteiger partial charge is 0.258 e. The number of nitrogens with one attached hydrogen (secondary N) is 1. The molecule has 0 saturated carbocycles. The van der Waals surface area contributed by atoms with E-state index < -0.39 is 5.82 Å². The van der Waals surface area contributed by atoms with Crippen LogP contribution in [0.2, 0.25) is 5.02 Å². The Morgan fingerprint density at radius 2 is 1.97 bits per heavy atom. The summed E-state index contributed by atoms with van der Waals surface area (Å²) in [5.41, 5.74) is 3.01. The van der Waals surface area contributed by atoms with Crippen molar-refractivity contribution in [3.8, 4) is 17.1 Å². The van der Waals surface area contributed by atoms with E-state index in [0.717, 1.165) is 16.8 Å². The summed E-state index contributed by atoms with van der Waals surface area (Å²) in [4.78, 5) is 6.50. The molecule has 1 aliphatic rings. The van der Waals surface area contributed by atoms with E-state index in [0.29, 0.717) is 34.7 Å². The summed E-state index contributed by atoms with van der Waals surface area (Å²) in [5, 5.41) is 8.64. The van der Waals surface area contributed by atoms with Gasteiger partial charge < -0.3 is 24.2 Å². The Labute approximate surface area is 201 Å². The molecular formula is C23H22ClFN4O3S. The minimum Gasteiger partial charge on any atom is -0.494 e. The zero-order valence-corrected chi connectivity index (χ0v) is 19.8. The van der Waals surface area contributed by atoms with E-state index in [2.05, 4.69) is 15.5 Å². The summed E-state index contributed by atoms with van der Waals surface area (Å²) in [5.74, 6) is 0.197. The molecule has 0 aliphatic carbocycles. The number of aromatic nitrogens is 2. The minimum absolute atomic E-state index is 0.141. The van der Waals surface area contributed by atoms with Gasteiger partial charge in [-0.15, -0.1) is 0 Å². The largest absolute Gasteiger partial charge is 0.494 e. The second-order valence-electron chi connectivity index (χ2n) is 7.35. The van der Waals surface area contributed by atoms with Gasteiger partial charge in [0.05, 0.1) is 25.3 Å². The van der Waals surface area contributed by atoms with Gasteiger partial charge in [0.1, 0.15) is 0 Å². The van der Waals surface area contributed by atoms with Crippen LogP contribution < -0.4 is 10.1 Å². The fourth-order valence-electron chi connectivity index (χ4n) is 3.67. The molecule has 0 saturated heterocycles. The molecule has 2 aromatic carbocycles. The second-order valence-corrected chi connectivity index (χ2v) is 8.17. The van der Waals surface area contributed by atoms with Gasteiger partial charge in [0.15, 0.2) is 16.7 Å². The first kappa shape index (κ1) is 23.2. The normalized spacial score (nSPS) is 16.2. The summed E-state index contributed by atoms with van der Waals surface area (Å²) in [7, 11) is 3.04. The van der Waals surface area contributed by atoms with E-state index in [1.165, 1.54) is 19.2 Å². The fourth-order valence-corrected chi connectivity index (χ4v) is 4.14. The van der Waals surface area contributed by atoms with Gasteiger partial charge >= 0.3 is 0 Å². The van der Waals surface area contributed by atoms with Crippen molar-refractivity contribution in [1.29, 1.82) is 0 Å². The summed E-state index contributed by atoms with van der Waals surface area (Å²) < 4.78 is 30.1. The van der Waals surface area contributed by atoms with E-state index in [1.54, 1.807) is 13.2 Å². The molecule has 1 unspecified atom stereocenters. The average molecular weight is 489 g/mol. The highest BCUT2D eigenvalue weighted by molar-refractivity contribution is 7.80. The van der Waals surface area contributed by atoms with E-state index >= 15 is 0 Å². The standard InChI is InChI=1S/C23H22ClFN4O3S/c1-13-19(22-27-21(28-32-22)15-6-9-18(31-3)17(25)12-15)20(14-4-7-16(24)8-5-14)26-23(33)29(13)10-11-30-2/h4-9,12,20H,10-11H2,1-3H3,(H,26,33). The molecule has 0 bridgehead atoms. The Balaban J connectivity index is 1.78. The average Bonchev–Trinajstić information content (AvgIpc) is 3.29. The topological polar surface area (TPSA) is 72.7 Å². The van der Waals surface area contributed by atoms with E-state index in [4.69, 9.17) is 37.8 Å². The van der Waals surface area contributed by atoms with Crippen molar-refractivity contribution in [2.45, 2.75) is 13.0 Å². The monoisotopic (exact) mass is 488 g/mol. The zero-order chi connectivity index (χ0) is 23.5. The third kappa shape index (κ3) is 4.71. The number of allylic oxidation sites excluding steroid dienone is 1. The maximum Gasteiger partial charge on any atom is 0.258 e. The molecule has 2 heterocycles. The number of benzene rings is 2. The first-order chi connectivity index (χ1) is 15.9. The molecule has 0 amide bonds. The highest BCUT2D eigenvalue weighted by Crippen LogP contribution is 2.37. The molecule has 0 radical (unpaired) electrons. The molecule has 7 nitrogen and oxygen atoms in total. The van der Waals surface area contributed by atoms with E-state index in [1.807, 2.05) is 36.1 Å². The third-order valence-corrected chi connectivity index (χ3v) is 5.98. The van der Waals surface area contributed by atoms with Crippen LogP contribution in [0.3, 0.4) is 0 Å². The highest BCUT2D eigenvalue weighted by Gasteiger charge is 2.34. The van der Waals surface area contributed by atoms with Crippen LogP contribution in [0, 0.1) is 5.82 Å². The highest BCUT2D eigenvalue weighted by atomic mass is 35.5. The molecule has 1 N–H and O–H groups in total. The lowest BCUT2D eigenvalue weighted by atomic mass is 9.95. The van der Waals surface area contributed by atoms with Crippen molar-refractivity contribution in [1.82, 2.24) is 20.4 Å². The lowest BCUT2D eigenvalue weighted by Gasteiger charge is -2.37. The number of ether oxygens (including phenoxy) is 2. The molecule has 0 fully saturated rings. The summed E-state index contributed by atoms with van der Waals surface area (Å²) in [6.45, 7) is 2.98. The number of halogens is 2. The fraction of sp³-hybridized carbons (Fsp3) is 0.261. The maximum absolute atomic E-state index is 14.2. The molecule has 1 aromatic heterocycles. The number of rotatable bonds is 7. The van der Waals surface area contributed by atoms with Crippen LogP contribution >= 0.6 is 23.8 Å². The van der Waals surface area contributed by atoms with Crippen LogP contribution in [0.4, 0.5) is 4.39 Å². The molecular weight excluding hydrogens is 467 g/mol. The second kappa shape index (κ2) is 9.86. The molecule has 3 aromatic rings. The Morgan fingerprint density at radius 3 is 2.64 bits per heavy atom. The Kier molecular flexibility index (Phi) is 6.92. The van der Waals surface area contributed by atoms with Crippen LogP contribution in [-0.4, -0.2) is 47.5 Å².